The lowest BCUT2D eigenvalue weighted by Gasteiger charge is -2.03. The molecular weight excluding hydrogens is 314 g/mol. The van der Waals surface area contributed by atoms with Gasteiger partial charge in [-0.05, 0) is 26.0 Å². The molecule has 23 heavy (non-hydrogen) atoms. The molecule has 0 fully saturated rings. The van der Waals surface area contributed by atoms with E-state index in [1.807, 2.05) is 48.8 Å². The highest BCUT2D eigenvalue weighted by molar-refractivity contribution is 7.99. The Bertz CT molecular complexity index is 772. The number of aromatic nitrogens is 3. The Balaban J connectivity index is 1.46. The van der Waals surface area contributed by atoms with E-state index in [-0.39, 0.29) is 18.3 Å². The summed E-state index contributed by atoms with van der Waals surface area (Å²) >= 11 is 1.49. The second-order valence-corrected chi connectivity index (χ2v) is 6.14. The number of esters is 1. The zero-order valence-electron chi connectivity index (χ0n) is 13.0. The van der Waals surface area contributed by atoms with Crippen molar-refractivity contribution < 1.29 is 14.1 Å². The monoisotopic (exact) mass is 331 g/mol. The van der Waals surface area contributed by atoms with E-state index in [4.69, 9.17) is 9.26 Å². The lowest BCUT2D eigenvalue weighted by atomic mass is 10.2. The Labute approximate surface area is 137 Å². The maximum atomic E-state index is 11.8. The van der Waals surface area contributed by atoms with Gasteiger partial charge >= 0.3 is 5.97 Å². The molecular formula is C16H17N3O3S. The Hall–Kier alpha value is -2.28. The van der Waals surface area contributed by atoms with Crippen molar-refractivity contribution in [3.05, 3.63) is 53.3 Å². The Morgan fingerprint density at radius 1 is 1.39 bits per heavy atom. The van der Waals surface area contributed by atoms with Gasteiger partial charge in [-0.25, -0.2) is 4.98 Å². The second-order valence-electron chi connectivity index (χ2n) is 5.15. The van der Waals surface area contributed by atoms with Gasteiger partial charge < -0.3 is 13.7 Å². The molecule has 0 aliphatic heterocycles. The van der Waals surface area contributed by atoms with E-state index in [1.165, 1.54) is 11.8 Å². The Morgan fingerprint density at radius 2 is 2.26 bits per heavy atom. The minimum absolute atomic E-state index is 0.187. The molecule has 3 aromatic rings. The number of hydrogen-bond acceptors (Lipinski definition) is 6. The topological polar surface area (TPSA) is 69.6 Å². The van der Waals surface area contributed by atoms with Crippen LogP contribution in [0.4, 0.5) is 0 Å². The highest BCUT2D eigenvalue weighted by Crippen LogP contribution is 2.19. The second kappa shape index (κ2) is 6.87. The molecule has 0 aromatic carbocycles. The molecule has 0 aliphatic carbocycles. The summed E-state index contributed by atoms with van der Waals surface area (Å²) in [6, 6.07) is 5.75. The van der Waals surface area contributed by atoms with Gasteiger partial charge in [-0.1, -0.05) is 11.2 Å². The standard InChI is InChI=1S/C16H17N3O3S/c1-11-14(12(2)22-18-11)9-23-10-16(20)21-8-13-7-19-6-4-3-5-15(19)17-13/h3-7H,8-10H2,1-2H3. The summed E-state index contributed by atoms with van der Waals surface area (Å²) in [5.74, 6) is 1.52. The highest BCUT2D eigenvalue weighted by Gasteiger charge is 2.11. The van der Waals surface area contributed by atoms with E-state index in [9.17, 15) is 4.79 Å². The van der Waals surface area contributed by atoms with E-state index >= 15 is 0 Å². The molecule has 0 radical (unpaired) electrons. The van der Waals surface area contributed by atoms with Gasteiger partial charge in [0, 0.05) is 23.7 Å². The van der Waals surface area contributed by atoms with Crippen molar-refractivity contribution in [3.63, 3.8) is 0 Å². The molecule has 0 aliphatic rings. The van der Waals surface area contributed by atoms with Crippen LogP contribution in [0.5, 0.6) is 0 Å². The molecule has 0 saturated heterocycles. The molecule has 0 saturated carbocycles. The lowest BCUT2D eigenvalue weighted by molar-refractivity contribution is -0.141. The van der Waals surface area contributed by atoms with Gasteiger partial charge in [-0.2, -0.15) is 0 Å². The third-order valence-electron chi connectivity index (χ3n) is 3.44. The van der Waals surface area contributed by atoms with Gasteiger partial charge in [0.1, 0.15) is 18.0 Å². The third kappa shape index (κ3) is 3.73. The van der Waals surface area contributed by atoms with Gasteiger partial charge in [0.15, 0.2) is 0 Å². The molecule has 6 nitrogen and oxygen atoms in total. The van der Waals surface area contributed by atoms with Crippen molar-refractivity contribution >= 4 is 23.4 Å². The van der Waals surface area contributed by atoms with E-state index < -0.39 is 0 Å². The number of pyridine rings is 1. The van der Waals surface area contributed by atoms with Gasteiger partial charge in [-0.15, -0.1) is 11.8 Å². The van der Waals surface area contributed by atoms with Crippen LogP contribution < -0.4 is 0 Å². The molecule has 120 valence electrons. The molecule has 0 spiro atoms. The number of aryl methyl sites for hydroxylation is 2. The summed E-state index contributed by atoms with van der Waals surface area (Å²) in [5.41, 5.74) is 3.49. The van der Waals surface area contributed by atoms with E-state index in [0.717, 1.165) is 28.4 Å². The van der Waals surface area contributed by atoms with Crippen molar-refractivity contribution in [2.24, 2.45) is 0 Å². The van der Waals surface area contributed by atoms with Crippen LogP contribution in [0, 0.1) is 13.8 Å². The molecule has 3 rings (SSSR count). The first-order chi connectivity index (χ1) is 11.1. The predicted octanol–water partition coefficient (Wildman–Crippen LogP) is 2.92. The number of carbonyl (C=O) groups is 1. The fourth-order valence-corrected chi connectivity index (χ4v) is 3.17. The average Bonchev–Trinajstić information content (AvgIpc) is 3.10. The third-order valence-corrected chi connectivity index (χ3v) is 4.38. The fourth-order valence-electron chi connectivity index (χ4n) is 2.20. The molecule has 3 heterocycles. The van der Waals surface area contributed by atoms with Crippen molar-refractivity contribution in [2.75, 3.05) is 5.75 Å². The number of thioether (sulfide) groups is 1. The smallest absolute Gasteiger partial charge is 0.316 e. The summed E-state index contributed by atoms with van der Waals surface area (Å²) < 4.78 is 12.3. The van der Waals surface area contributed by atoms with Crippen LogP contribution in [0.3, 0.4) is 0 Å². The van der Waals surface area contributed by atoms with E-state index in [1.54, 1.807) is 0 Å². The lowest BCUT2D eigenvalue weighted by Crippen LogP contribution is -2.07. The number of imidazole rings is 1. The molecule has 0 bridgehead atoms. The summed E-state index contributed by atoms with van der Waals surface area (Å²) in [7, 11) is 0. The summed E-state index contributed by atoms with van der Waals surface area (Å²) in [6.45, 7) is 3.96. The van der Waals surface area contributed by atoms with E-state index in [2.05, 4.69) is 10.1 Å². The van der Waals surface area contributed by atoms with Gasteiger partial charge in [-0.3, -0.25) is 4.79 Å². The van der Waals surface area contributed by atoms with Crippen molar-refractivity contribution in [1.29, 1.82) is 0 Å². The Kier molecular flexibility index (Phi) is 4.66. The zero-order valence-corrected chi connectivity index (χ0v) is 13.8. The molecule has 0 amide bonds. The number of hydrogen-bond donors (Lipinski definition) is 0. The Morgan fingerprint density at radius 3 is 3.00 bits per heavy atom. The first-order valence-corrected chi connectivity index (χ1v) is 8.36. The van der Waals surface area contributed by atoms with Crippen LogP contribution in [0.25, 0.3) is 5.65 Å². The number of rotatable bonds is 6. The number of ether oxygens (including phenoxy) is 1. The number of fused-ring (bicyclic) bond motifs is 1. The van der Waals surface area contributed by atoms with Crippen LogP contribution in [-0.2, 0) is 21.9 Å². The fraction of sp³-hybridized carbons (Fsp3) is 0.312. The minimum atomic E-state index is -0.251. The summed E-state index contributed by atoms with van der Waals surface area (Å²) in [6.07, 6.45) is 3.77. The van der Waals surface area contributed by atoms with Crippen molar-refractivity contribution in [1.82, 2.24) is 14.5 Å². The normalized spacial score (nSPS) is 11.0. The van der Waals surface area contributed by atoms with Crippen LogP contribution >= 0.6 is 11.8 Å². The van der Waals surface area contributed by atoms with E-state index in [0.29, 0.717) is 5.75 Å². The zero-order chi connectivity index (χ0) is 16.2. The van der Waals surface area contributed by atoms with Gasteiger partial charge in [0.05, 0.1) is 17.1 Å². The molecule has 0 atom stereocenters. The van der Waals surface area contributed by atoms with Gasteiger partial charge in [0.2, 0.25) is 0 Å². The molecule has 7 heteroatoms. The van der Waals surface area contributed by atoms with Crippen LogP contribution in [-0.4, -0.2) is 26.3 Å². The number of carbonyl (C=O) groups excluding carboxylic acids is 1. The average molecular weight is 331 g/mol. The molecule has 0 unspecified atom stereocenters. The van der Waals surface area contributed by atoms with Crippen molar-refractivity contribution in [2.45, 2.75) is 26.2 Å². The summed E-state index contributed by atoms with van der Waals surface area (Å²) in [4.78, 5) is 16.2. The predicted molar refractivity (Wildman–Crippen MR) is 87.1 cm³/mol. The van der Waals surface area contributed by atoms with Gasteiger partial charge in [0.25, 0.3) is 0 Å². The van der Waals surface area contributed by atoms with Crippen molar-refractivity contribution in [3.8, 4) is 0 Å². The maximum Gasteiger partial charge on any atom is 0.316 e. The summed E-state index contributed by atoms with van der Waals surface area (Å²) in [5, 5.41) is 3.90. The van der Waals surface area contributed by atoms with Crippen LogP contribution in [0.1, 0.15) is 22.7 Å². The minimum Gasteiger partial charge on any atom is -0.458 e. The first kappa shape index (κ1) is 15.6. The van der Waals surface area contributed by atoms with Crippen LogP contribution in [0.2, 0.25) is 0 Å². The first-order valence-electron chi connectivity index (χ1n) is 7.21. The number of nitrogens with zero attached hydrogens (tertiary/aromatic N) is 3. The SMILES string of the molecule is Cc1noc(C)c1CSCC(=O)OCc1cn2ccccc2n1. The quantitative estimate of drug-likeness (QED) is 0.647. The molecule has 0 N–H and O–H groups in total. The molecule has 3 aromatic heterocycles. The highest BCUT2D eigenvalue weighted by atomic mass is 32.2. The maximum absolute atomic E-state index is 11.8. The largest absolute Gasteiger partial charge is 0.458 e. The van der Waals surface area contributed by atoms with Crippen LogP contribution in [0.15, 0.2) is 35.1 Å².